The van der Waals surface area contributed by atoms with Crippen LogP contribution in [0.1, 0.15) is 47.0 Å². The quantitative estimate of drug-likeness (QED) is 0.694. The van der Waals surface area contributed by atoms with Crippen molar-refractivity contribution in [3.63, 3.8) is 0 Å². The Kier molecular flexibility index (Phi) is 5.47. The fraction of sp³-hybridized carbons (Fsp3) is 0.929. The van der Waals surface area contributed by atoms with Gasteiger partial charge in [0.1, 0.15) is 6.61 Å². The first kappa shape index (κ1) is 13.7. The van der Waals surface area contributed by atoms with Crippen molar-refractivity contribution >= 4 is 5.78 Å². The Balaban J connectivity index is 2.24. The summed E-state index contributed by atoms with van der Waals surface area (Å²) in [5.41, 5.74) is 0. The van der Waals surface area contributed by atoms with Crippen LogP contribution in [0.15, 0.2) is 0 Å². The van der Waals surface area contributed by atoms with Crippen molar-refractivity contribution in [1.82, 2.24) is 0 Å². The second-order valence-corrected chi connectivity index (χ2v) is 5.73. The number of rotatable bonds is 6. The maximum absolute atomic E-state index is 11.4. The summed E-state index contributed by atoms with van der Waals surface area (Å²) in [6.45, 7) is 9.53. The highest BCUT2D eigenvalue weighted by Crippen LogP contribution is 2.36. The Morgan fingerprint density at radius 3 is 2.50 bits per heavy atom. The van der Waals surface area contributed by atoms with Gasteiger partial charge in [-0.15, -0.1) is 0 Å². The Morgan fingerprint density at radius 2 is 1.94 bits per heavy atom. The average Bonchev–Trinajstić information content (AvgIpc) is 2.65. The Labute approximate surface area is 99.8 Å². The summed E-state index contributed by atoms with van der Waals surface area (Å²) in [6.07, 6.45) is 3.94. The van der Waals surface area contributed by atoms with Crippen molar-refractivity contribution < 1.29 is 9.53 Å². The van der Waals surface area contributed by atoms with Gasteiger partial charge in [0.05, 0.1) is 6.61 Å². The second-order valence-electron chi connectivity index (χ2n) is 5.73. The number of ether oxygens (including phenoxy) is 1. The van der Waals surface area contributed by atoms with E-state index in [9.17, 15) is 4.79 Å². The molecular weight excluding hydrogens is 200 g/mol. The fourth-order valence-electron chi connectivity index (χ4n) is 2.63. The van der Waals surface area contributed by atoms with Gasteiger partial charge in [0.25, 0.3) is 0 Å². The molecule has 1 aliphatic carbocycles. The van der Waals surface area contributed by atoms with Crippen LogP contribution in [0.4, 0.5) is 0 Å². The summed E-state index contributed by atoms with van der Waals surface area (Å²) in [5, 5.41) is 0. The van der Waals surface area contributed by atoms with E-state index in [4.69, 9.17) is 4.74 Å². The number of hydrogen-bond acceptors (Lipinski definition) is 2. The molecule has 0 aliphatic heterocycles. The van der Waals surface area contributed by atoms with Crippen LogP contribution in [0, 0.1) is 23.7 Å². The van der Waals surface area contributed by atoms with Crippen molar-refractivity contribution in [1.29, 1.82) is 0 Å². The predicted octanol–water partition coefficient (Wildman–Crippen LogP) is 3.30. The number of hydrogen-bond donors (Lipinski definition) is 0. The summed E-state index contributed by atoms with van der Waals surface area (Å²) in [6, 6.07) is 0. The highest BCUT2D eigenvalue weighted by Gasteiger charge is 2.29. The molecule has 16 heavy (non-hydrogen) atoms. The first-order valence-electron chi connectivity index (χ1n) is 6.62. The summed E-state index contributed by atoms with van der Waals surface area (Å²) in [5.74, 6) is 2.55. The summed E-state index contributed by atoms with van der Waals surface area (Å²) in [4.78, 5) is 11.4. The summed E-state index contributed by atoms with van der Waals surface area (Å²) >= 11 is 0. The zero-order chi connectivity index (χ0) is 12.1. The molecule has 2 heteroatoms. The third-order valence-electron chi connectivity index (χ3n) is 3.79. The van der Waals surface area contributed by atoms with Gasteiger partial charge < -0.3 is 4.74 Å². The van der Waals surface area contributed by atoms with Crippen LogP contribution in [-0.2, 0) is 9.53 Å². The van der Waals surface area contributed by atoms with Crippen molar-refractivity contribution in [2.24, 2.45) is 23.7 Å². The maximum Gasteiger partial charge on any atom is 0.160 e. The van der Waals surface area contributed by atoms with Crippen LogP contribution in [-0.4, -0.2) is 19.0 Å². The molecule has 0 aromatic carbocycles. The van der Waals surface area contributed by atoms with Gasteiger partial charge in [0.15, 0.2) is 5.78 Å². The van der Waals surface area contributed by atoms with E-state index in [1.54, 1.807) is 0 Å². The number of carbonyl (C=O) groups excluding carboxylic acids is 1. The smallest absolute Gasteiger partial charge is 0.160 e. The van der Waals surface area contributed by atoms with Crippen molar-refractivity contribution in [3.05, 3.63) is 0 Å². The minimum Gasteiger partial charge on any atom is -0.373 e. The van der Waals surface area contributed by atoms with E-state index in [2.05, 4.69) is 13.8 Å². The molecule has 0 aromatic heterocycles. The minimum absolute atomic E-state index is 0.101. The van der Waals surface area contributed by atoms with Crippen LogP contribution in [0.3, 0.4) is 0 Å². The Bertz CT molecular complexity index is 221. The monoisotopic (exact) mass is 226 g/mol. The molecule has 94 valence electrons. The fourth-order valence-corrected chi connectivity index (χ4v) is 2.63. The SMILES string of the molecule is CC(C)C(=O)COCC1CCCC1C(C)C. The van der Waals surface area contributed by atoms with E-state index in [1.165, 1.54) is 19.3 Å². The van der Waals surface area contributed by atoms with Gasteiger partial charge in [-0.3, -0.25) is 4.79 Å². The van der Waals surface area contributed by atoms with E-state index in [-0.39, 0.29) is 11.7 Å². The molecule has 0 amide bonds. The molecule has 0 N–H and O–H groups in total. The number of Topliss-reactive ketones (excluding diaryl/α,β-unsaturated/α-hetero) is 1. The molecule has 2 unspecified atom stereocenters. The molecule has 0 saturated heterocycles. The second kappa shape index (κ2) is 6.39. The minimum atomic E-state index is 0.101. The third-order valence-corrected chi connectivity index (χ3v) is 3.79. The van der Waals surface area contributed by atoms with Gasteiger partial charge in [-0.2, -0.15) is 0 Å². The van der Waals surface area contributed by atoms with E-state index in [0.717, 1.165) is 18.4 Å². The first-order chi connectivity index (χ1) is 7.52. The Hall–Kier alpha value is -0.370. The lowest BCUT2D eigenvalue weighted by Crippen LogP contribution is -2.22. The Morgan fingerprint density at radius 1 is 1.25 bits per heavy atom. The average molecular weight is 226 g/mol. The van der Waals surface area contributed by atoms with Gasteiger partial charge in [0, 0.05) is 5.92 Å². The van der Waals surface area contributed by atoms with Crippen LogP contribution in [0.5, 0.6) is 0 Å². The highest BCUT2D eigenvalue weighted by molar-refractivity contribution is 5.81. The molecule has 1 rings (SSSR count). The van der Waals surface area contributed by atoms with Crippen LogP contribution in [0.25, 0.3) is 0 Å². The van der Waals surface area contributed by atoms with Crippen LogP contribution < -0.4 is 0 Å². The largest absolute Gasteiger partial charge is 0.373 e. The van der Waals surface area contributed by atoms with Gasteiger partial charge >= 0.3 is 0 Å². The van der Waals surface area contributed by atoms with Gasteiger partial charge in [-0.25, -0.2) is 0 Å². The van der Waals surface area contributed by atoms with Crippen molar-refractivity contribution in [2.75, 3.05) is 13.2 Å². The lowest BCUT2D eigenvalue weighted by atomic mass is 9.87. The zero-order valence-corrected chi connectivity index (χ0v) is 11.2. The summed E-state index contributed by atoms with van der Waals surface area (Å²) < 4.78 is 5.57. The van der Waals surface area contributed by atoms with Crippen LogP contribution >= 0.6 is 0 Å². The van der Waals surface area contributed by atoms with E-state index < -0.39 is 0 Å². The zero-order valence-electron chi connectivity index (χ0n) is 11.2. The molecule has 0 aromatic rings. The molecule has 0 radical (unpaired) electrons. The summed E-state index contributed by atoms with van der Waals surface area (Å²) in [7, 11) is 0. The van der Waals surface area contributed by atoms with Gasteiger partial charge in [0.2, 0.25) is 0 Å². The molecular formula is C14H26O2. The lowest BCUT2D eigenvalue weighted by Gasteiger charge is -2.22. The molecule has 1 aliphatic rings. The van der Waals surface area contributed by atoms with Gasteiger partial charge in [-0.05, 0) is 30.6 Å². The lowest BCUT2D eigenvalue weighted by molar-refractivity contribution is -0.127. The van der Waals surface area contributed by atoms with E-state index in [0.29, 0.717) is 12.5 Å². The van der Waals surface area contributed by atoms with E-state index in [1.807, 2.05) is 13.8 Å². The normalized spacial score (nSPS) is 25.6. The molecule has 1 fully saturated rings. The number of carbonyl (C=O) groups is 1. The molecule has 2 nitrogen and oxygen atoms in total. The van der Waals surface area contributed by atoms with Gasteiger partial charge in [-0.1, -0.05) is 34.1 Å². The topological polar surface area (TPSA) is 26.3 Å². The molecule has 0 spiro atoms. The highest BCUT2D eigenvalue weighted by atomic mass is 16.5. The number of ketones is 1. The van der Waals surface area contributed by atoms with Crippen molar-refractivity contribution in [3.8, 4) is 0 Å². The van der Waals surface area contributed by atoms with Crippen LogP contribution in [0.2, 0.25) is 0 Å². The van der Waals surface area contributed by atoms with E-state index >= 15 is 0 Å². The van der Waals surface area contributed by atoms with Crippen molar-refractivity contribution in [2.45, 2.75) is 47.0 Å². The first-order valence-corrected chi connectivity index (χ1v) is 6.62. The molecule has 0 bridgehead atoms. The molecule has 1 saturated carbocycles. The predicted molar refractivity (Wildman–Crippen MR) is 66.3 cm³/mol. The molecule has 2 atom stereocenters. The maximum atomic E-state index is 11.4. The third kappa shape index (κ3) is 3.89. The standard InChI is InChI=1S/C14H26O2/c1-10(2)13-7-5-6-12(13)8-16-9-14(15)11(3)4/h10-13H,5-9H2,1-4H3. The molecule has 0 heterocycles.